The van der Waals surface area contributed by atoms with Gasteiger partial charge < -0.3 is 16.5 Å². The van der Waals surface area contributed by atoms with E-state index in [2.05, 4.69) is 35.0 Å². The van der Waals surface area contributed by atoms with Crippen LogP contribution in [-0.4, -0.2) is 13.2 Å². The van der Waals surface area contributed by atoms with Crippen molar-refractivity contribution in [1.29, 1.82) is 0 Å². The lowest BCUT2D eigenvalue weighted by Gasteiger charge is -2.10. The van der Waals surface area contributed by atoms with Gasteiger partial charge in [-0.2, -0.15) is 0 Å². The van der Waals surface area contributed by atoms with E-state index in [1.54, 1.807) is 0 Å². The molecular formula is C15H20N4. The first kappa shape index (κ1) is 13.5. The Morgan fingerprint density at radius 3 is 1.95 bits per heavy atom. The molecule has 2 aromatic rings. The smallest absolute Gasteiger partial charge is 0.0585 e. The summed E-state index contributed by atoms with van der Waals surface area (Å²) in [4.78, 5) is 0. The van der Waals surface area contributed by atoms with E-state index in [1.807, 2.05) is 31.3 Å². The van der Waals surface area contributed by atoms with E-state index >= 15 is 0 Å². The van der Waals surface area contributed by atoms with E-state index in [1.165, 1.54) is 16.7 Å². The lowest BCUT2D eigenvalue weighted by molar-refractivity contribution is 0.582. The second-order valence-corrected chi connectivity index (χ2v) is 4.52. The van der Waals surface area contributed by atoms with Gasteiger partial charge in [-0.3, -0.25) is 5.84 Å². The summed E-state index contributed by atoms with van der Waals surface area (Å²) in [7, 11) is 1.87. The molecule has 1 unspecified atom stereocenters. The Bertz CT molecular complexity index is 505. The van der Waals surface area contributed by atoms with Crippen molar-refractivity contribution < 1.29 is 0 Å². The van der Waals surface area contributed by atoms with Gasteiger partial charge >= 0.3 is 0 Å². The molecule has 2 aromatic carbocycles. The number of likely N-dealkylation sites (N-methyl/N-ethyl adjacent to an activating group) is 1. The quantitative estimate of drug-likeness (QED) is 0.373. The maximum absolute atomic E-state index is 5.86. The Kier molecular flexibility index (Phi) is 4.52. The van der Waals surface area contributed by atoms with Crippen LogP contribution in [-0.2, 0) is 6.42 Å². The Morgan fingerprint density at radius 2 is 1.47 bits per heavy atom. The fourth-order valence-electron chi connectivity index (χ4n) is 1.95. The van der Waals surface area contributed by atoms with E-state index < -0.39 is 0 Å². The van der Waals surface area contributed by atoms with Crippen LogP contribution in [0.3, 0.4) is 0 Å². The summed E-state index contributed by atoms with van der Waals surface area (Å²) in [5.41, 5.74) is 13.0. The minimum Gasteiger partial charge on any atom is -0.324 e. The van der Waals surface area contributed by atoms with Crippen LogP contribution >= 0.6 is 0 Å². The van der Waals surface area contributed by atoms with Gasteiger partial charge in [0, 0.05) is 12.1 Å². The fraction of sp³-hybridized carbons (Fsp3) is 0.200. The number of nitrogen functional groups attached to an aromatic ring is 1. The molecule has 0 fully saturated rings. The highest BCUT2D eigenvalue weighted by molar-refractivity contribution is 5.66. The summed E-state index contributed by atoms with van der Waals surface area (Å²) in [5.74, 6) is 5.35. The molecule has 2 rings (SSSR count). The van der Waals surface area contributed by atoms with Crippen LogP contribution in [0.25, 0.3) is 11.1 Å². The summed E-state index contributed by atoms with van der Waals surface area (Å²) in [6.45, 7) is 0. The van der Waals surface area contributed by atoms with E-state index in [9.17, 15) is 0 Å². The van der Waals surface area contributed by atoms with Gasteiger partial charge in [-0.15, -0.1) is 0 Å². The second kappa shape index (κ2) is 6.33. The van der Waals surface area contributed by atoms with Crippen LogP contribution in [0.15, 0.2) is 48.5 Å². The van der Waals surface area contributed by atoms with Gasteiger partial charge in [0.2, 0.25) is 0 Å². The van der Waals surface area contributed by atoms with Crippen molar-refractivity contribution in [2.75, 3.05) is 12.5 Å². The molecule has 0 saturated heterocycles. The SMILES string of the molecule is CNC(N)Cc1ccc(-c2ccc(NN)cc2)cc1. The highest BCUT2D eigenvalue weighted by atomic mass is 15.2. The van der Waals surface area contributed by atoms with Crippen molar-refractivity contribution in [2.45, 2.75) is 12.6 Å². The molecular weight excluding hydrogens is 236 g/mol. The first-order valence-corrected chi connectivity index (χ1v) is 6.32. The Balaban J connectivity index is 2.12. The molecule has 0 amide bonds. The van der Waals surface area contributed by atoms with Gasteiger partial charge in [0.05, 0.1) is 6.17 Å². The average Bonchev–Trinajstić information content (AvgIpc) is 2.48. The number of nitrogens with two attached hydrogens (primary N) is 2. The van der Waals surface area contributed by atoms with Gasteiger partial charge in [0.15, 0.2) is 0 Å². The van der Waals surface area contributed by atoms with Gasteiger partial charge in [0.1, 0.15) is 0 Å². The number of hydrogen-bond acceptors (Lipinski definition) is 4. The Hall–Kier alpha value is -1.88. The topological polar surface area (TPSA) is 76.1 Å². The molecule has 0 saturated carbocycles. The van der Waals surface area contributed by atoms with Crippen LogP contribution in [0.4, 0.5) is 5.69 Å². The predicted octanol–water partition coefficient (Wildman–Crippen LogP) is 1.69. The van der Waals surface area contributed by atoms with Gasteiger partial charge in [-0.1, -0.05) is 36.4 Å². The molecule has 0 heterocycles. The van der Waals surface area contributed by atoms with Crippen LogP contribution < -0.4 is 22.3 Å². The van der Waals surface area contributed by atoms with Crippen molar-refractivity contribution in [3.63, 3.8) is 0 Å². The molecule has 0 aromatic heterocycles. The first-order chi connectivity index (χ1) is 9.22. The third-order valence-electron chi connectivity index (χ3n) is 3.17. The maximum Gasteiger partial charge on any atom is 0.0585 e. The Morgan fingerprint density at radius 1 is 0.947 bits per heavy atom. The summed E-state index contributed by atoms with van der Waals surface area (Å²) in [6.07, 6.45) is 0.827. The number of benzene rings is 2. The largest absolute Gasteiger partial charge is 0.324 e. The fourth-order valence-corrected chi connectivity index (χ4v) is 1.95. The van der Waals surface area contributed by atoms with Crippen LogP contribution in [0.5, 0.6) is 0 Å². The number of rotatable bonds is 5. The summed E-state index contributed by atoms with van der Waals surface area (Å²) in [5, 5.41) is 3.03. The number of nitrogens with one attached hydrogen (secondary N) is 2. The highest BCUT2D eigenvalue weighted by Gasteiger charge is 2.02. The monoisotopic (exact) mass is 256 g/mol. The second-order valence-electron chi connectivity index (χ2n) is 4.52. The predicted molar refractivity (Wildman–Crippen MR) is 80.4 cm³/mol. The maximum atomic E-state index is 5.86. The number of hydrogen-bond donors (Lipinski definition) is 4. The summed E-state index contributed by atoms with van der Waals surface area (Å²) < 4.78 is 0. The molecule has 4 nitrogen and oxygen atoms in total. The lowest BCUT2D eigenvalue weighted by atomic mass is 10.0. The minimum absolute atomic E-state index is 0.000706. The molecule has 0 radical (unpaired) electrons. The van der Waals surface area contributed by atoms with Gasteiger partial charge in [0.25, 0.3) is 0 Å². The molecule has 6 N–H and O–H groups in total. The highest BCUT2D eigenvalue weighted by Crippen LogP contribution is 2.21. The average molecular weight is 256 g/mol. The van der Waals surface area contributed by atoms with Crippen molar-refractivity contribution >= 4 is 5.69 Å². The first-order valence-electron chi connectivity index (χ1n) is 6.32. The molecule has 0 aliphatic carbocycles. The number of hydrazine groups is 1. The standard InChI is InChI=1S/C15H20N4/c1-18-15(16)10-11-2-4-12(5-3-11)13-6-8-14(19-17)9-7-13/h2-9,15,18-19H,10,16-17H2,1H3. The molecule has 0 aliphatic heterocycles. The lowest BCUT2D eigenvalue weighted by Crippen LogP contribution is -2.36. The van der Waals surface area contributed by atoms with Gasteiger partial charge in [-0.25, -0.2) is 0 Å². The third kappa shape index (κ3) is 3.54. The zero-order chi connectivity index (χ0) is 13.7. The Labute approximate surface area is 113 Å². The van der Waals surface area contributed by atoms with E-state index in [4.69, 9.17) is 11.6 Å². The van der Waals surface area contributed by atoms with E-state index in [0.717, 1.165) is 12.1 Å². The zero-order valence-corrected chi connectivity index (χ0v) is 11.1. The molecule has 4 heteroatoms. The van der Waals surface area contributed by atoms with Crippen LogP contribution in [0.2, 0.25) is 0 Å². The summed E-state index contributed by atoms with van der Waals surface area (Å²) in [6, 6.07) is 16.5. The van der Waals surface area contributed by atoms with Crippen LogP contribution in [0, 0.1) is 0 Å². The van der Waals surface area contributed by atoms with E-state index in [-0.39, 0.29) is 6.17 Å². The number of anilines is 1. The van der Waals surface area contributed by atoms with Crippen molar-refractivity contribution in [1.82, 2.24) is 5.32 Å². The van der Waals surface area contributed by atoms with E-state index in [0.29, 0.717) is 0 Å². The molecule has 0 spiro atoms. The normalized spacial score (nSPS) is 12.2. The molecule has 0 bridgehead atoms. The minimum atomic E-state index is 0.000706. The van der Waals surface area contributed by atoms with Crippen LogP contribution in [0.1, 0.15) is 5.56 Å². The summed E-state index contributed by atoms with van der Waals surface area (Å²) >= 11 is 0. The third-order valence-corrected chi connectivity index (χ3v) is 3.17. The molecule has 1 atom stereocenters. The van der Waals surface area contributed by atoms with Gasteiger partial charge in [-0.05, 0) is 35.9 Å². The molecule has 0 aliphatic rings. The molecule has 19 heavy (non-hydrogen) atoms. The van der Waals surface area contributed by atoms with Crippen molar-refractivity contribution in [3.05, 3.63) is 54.1 Å². The van der Waals surface area contributed by atoms with Crippen molar-refractivity contribution in [2.24, 2.45) is 11.6 Å². The van der Waals surface area contributed by atoms with Crippen molar-refractivity contribution in [3.8, 4) is 11.1 Å². The molecule has 100 valence electrons. The zero-order valence-electron chi connectivity index (χ0n) is 11.1.